The van der Waals surface area contributed by atoms with Crippen LogP contribution < -0.4 is 4.72 Å². The van der Waals surface area contributed by atoms with E-state index < -0.39 is 16.6 Å². The molecule has 1 fully saturated rings. The summed E-state index contributed by atoms with van der Waals surface area (Å²) in [6.07, 6.45) is 1.80. The van der Waals surface area contributed by atoms with E-state index in [1.807, 2.05) is 79.7 Å². The van der Waals surface area contributed by atoms with Crippen LogP contribution in [-0.2, 0) is 22.1 Å². The molecule has 2 rings (SSSR count). The number of carbonyl (C=O) groups excluding carboxylic acids is 1. The summed E-state index contributed by atoms with van der Waals surface area (Å²) < 4.78 is 21.4. The van der Waals surface area contributed by atoms with Gasteiger partial charge in [-0.2, -0.15) is 0 Å². The predicted molar refractivity (Wildman–Crippen MR) is 134 cm³/mol. The summed E-state index contributed by atoms with van der Waals surface area (Å²) in [5, 5.41) is 0.691. The van der Waals surface area contributed by atoms with Gasteiger partial charge in [-0.3, -0.25) is 0 Å². The highest BCUT2D eigenvalue weighted by atomic mass is 35.5. The van der Waals surface area contributed by atoms with Crippen LogP contribution in [0.2, 0.25) is 5.02 Å². The van der Waals surface area contributed by atoms with Crippen LogP contribution in [0, 0.1) is 0 Å². The Morgan fingerprint density at radius 3 is 2.16 bits per heavy atom. The molecule has 1 saturated heterocycles. The first kappa shape index (κ1) is 29.9. The number of piperidine rings is 1. The molecule has 1 aromatic rings. The van der Waals surface area contributed by atoms with Gasteiger partial charge in [-0.05, 0) is 78.5 Å². The summed E-state index contributed by atoms with van der Waals surface area (Å²) in [4.78, 5) is 14.2. The predicted octanol–water partition coefficient (Wildman–Crippen LogP) is 6.37. The van der Waals surface area contributed by atoms with Gasteiger partial charge in [0.15, 0.2) is 0 Å². The third-order valence-corrected chi connectivity index (χ3v) is 6.64. The van der Waals surface area contributed by atoms with Gasteiger partial charge >= 0.3 is 6.09 Å². The first-order chi connectivity index (χ1) is 13.8. The second-order valence-corrected chi connectivity index (χ2v) is 11.9. The number of nitrogens with zero attached hydrogens (tertiary/aromatic N) is 1. The zero-order valence-corrected chi connectivity index (χ0v) is 21.4. The lowest BCUT2D eigenvalue weighted by Gasteiger charge is -2.43. The number of halogens is 1. The Labute approximate surface area is 197 Å². The van der Waals surface area contributed by atoms with Crippen LogP contribution >= 0.6 is 11.6 Å². The minimum atomic E-state index is -1.21. The van der Waals surface area contributed by atoms with E-state index >= 15 is 0 Å². The van der Waals surface area contributed by atoms with Crippen LogP contribution in [0.3, 0.4) is 0 Å². The first-order valence-electron chi connectivity index (χ1n) is 10.7. The van der Waals surface area contributed by atoms with Gasteiger partial charge in [-0.25, -0.2) is 13.7 Å². The molecule has 180 valence electrons. The Kier molecular flexibility index (Phi) is 11.8. The minimum Gasteiger partial charge on any atom is -0.444 e. The molecule has 0 bridgehead atoms. The smallest absolute Gasteiger partial charge is 0.410 e. The molecule has 0 saturated carbocycles. The SMILES string of the molecule is C.CC.CC(C)(C)OC(=O)N1CCC(Cc2cccc(Cl)c2)(NS(=O)C(C)(C)C)CC1. The van der Waals surface area contributed by atoms with Crippen molar-refractivity contribution in [2.24, 2.45) is 0 Å². The monoisotopic (exact) mass is 474 g/mol. The summed E-state index contributed by atoms with van der Waals surface area (Å²) in [6.45, 7) is 16.6. The maximum absolute atomic E-state index is 12.9. The number of ether oxygens (including phenoxy) is 1. The summed E-state index contributed by atoms with van der Waals surface area (Å²) in [7, 11) is -1.21. The van der Waals surface area contributed by atoms with Gasteiger partial charge in [0, 0.05) is 23.7 Å². The van der Waals surface area contributed by atoms with Crippen LogP contribution in [0.1, 0.15) is 81.2 Å². The Morgan fingerprint density at radius 1 is 1.16 bits per heavy atom. The van der Waals surface area contributed by atoms with Crippen molar-refractivity contribution in [3.8, 4) is 0 Å². The van der Waals surface area contributed by atoms with Gasteiger partial charge in [0.1, 0.15) is 5.60 Å². The van der Waals surface area contributed by atoms with E-state index in [1.165, 1.54) is 0 Å². The van der Waals surface area contributed by atoms with Crippen LogP contribution in [0.25, 0.3) is 0 Å². The van der Waals surface area contributed by atoms with E-state index in [9.17, 15) is 9.00 Å². The normalized spacial score (nSPS) is 17.0. The van der Waals surface area contributed by atoms with E-state index in [2.05, 4.69) is 4.72 Å². The second kappa shape index (κ2) is 12.2. The number of nitrogens with one attached hydrogen (secondary N) is 1. The van der Waals surface area contributed by atoms with Crippen molar-refractivity contribution in [1.82, 2.24) is 9.62 Å². The zero-order valence-electron chi connectivity index (χ0n) is 19.8. The lowest BCUT2D eigenvalue weighted by molar-refractivity contribution is 0.0161. The first-order valence-corrected chi connectivity index (χ1v) is 12.2. The average Bonchev–Trinajstić information content (AvgIpc) is 2.61. The van der Waals surface area contributed by atoms with Gasteiger partial charge in [0.2, 0.25) is 0 Å². The van der Waals surface area contributed by atoms with E-state index in [-0.39, 0.29) is 23.8 Å². The fourth-order valence-electron chi connectivity index (χ4n) is 3.15. The molecule has 1 atom stereocenters. The van der Waals surface area contributed by atoms with E-state index in [0.29, 0.717) is 37.4 Å². The molecular weight excluding hydrogens is 432 g/mol. The van der Waals surface area contributed by atoms with Crippen LogP contribution in [0.5, 0.6) is 0 Å². The molecule has 0 radical (unpaired) electrons. The van der Waals surface area contributed by atoms with Gasteiger partial charge in [-0.1, -0.05) is 45.0 Å². The number of hydrogen-bond donors (Lipinski definition) is 1. The Bertz CT molecular complexity index is 718. The standard InChI is InChI=1S/C21H33ClN2O3S.C2H6.CH4/c1-19(2,3)27-18(25)24-12-10-21(11-13-24,23-28(26)20(4,5)6)15-16-8-7-9-17(22)14-16;1-2;/h7-9,14,23H,10-13,15H2,1-6H3;1-2H3;1H4. The highest BCUT2D eigenvalue weighted by molar-refractivity contribution is 7.84. The van der Waals surface area contributed by atoms with Crippen molar-refractivity contribution >= 4 is 28.7 Å². The molecule has 5 nitrogen and oxygen atoms in total. The molecule has 1 aliphatic rings. The number of likely N-dealkylation sites (tertiary alicyclic amines) is 1. The Hall–Kier alpha value is -1.11. The number of rotatable bonds is 4. The highest BCUT2D eigenvalue weighted by Gasteiger charge is 2.40. The lowest BCUT2D eigenvalue weighted by atomic mass is 9.83. The molecule has 1 aliphatic heterocycles. The molecular formula is C24H43ClN2O3S. The number of carbonyl (C=O) groups is 1. The molecule has 0 aromatic heterocycles. The van der Waals surface area contributed by atoms with E-state index in [0.717, 1.165) is 5.56 Å². The number of hydrogen-bond acceptors (Lipinski definition) is 3. The Balaban J connectivity index is 0.00000291. The fraction of sp³-hybridized carbons (Fsp3) is 0.708. The minimum absolute atomic E-state index is 0. The van der Waals surface area contributed by atoms with Crippen molar-refractivity contribution in [1.29, 1.82) is 0 Å². The quantitative estimate of drug-likeness (QED) is 0.551. The largest absolute Gasteiger partial charge is 0.444 e. The summed E-state index contributed by atoms with van der Waals surface area (Å²) >= 11 is 6.16. The third kappa shape index (κ3) is 9.92. The van der Waals surface area contributed by atoms with Crippen molar-refractivity contribution in [2.45, 2.75) is 98.0 Å². The Morgan fingerprint density at radius 2 is 1.71 bits per heavy atom. The van der Waals surface area contributed by atoms with Crippen molar-refractivity contribution in [2.75, 3.05) is 13.1 Å². The number of benzene rings is 1. The van der Waals surface area contributed by atoms with Crippen LogP contribution in [0.15, 0.2) is 24.3 Å². The zero-order chi connectivity index (χ0) is 23.2. The topological polar surface area (TPSA) is 58.6 Å². The highest BCUT2D eigenvalue weighted by Crippen LogP contribution is 2.30. The van der Waals surface area contributed by atoms with Gasteiger partial charge < -0.3 is 9.64 Å². The molecule has 1 unspecified atom stereocenters. The van der Waals surface area contributed by atoms with Crippen LogP contribution in [-0.4, -0.2) is 44.2 Å². The fourth-order valence-corrected chi connectivity index (χ4v) is 4.33. The molecule has 1 aromatic carbocycles. The lowest BCUT2D eigenvalue weighted by Crippen LogP contribution is -2.58. The van der Waals surface area contributed by atoms with Gasteiger partial charge in [-0.15, -0.1) is 0 Å². The molecule has 0 spiro atoms. The average molecular weight is 475 g/mol. The van der Waals surface area contributed by atoms with E-state index in [1.54, 1.807) is 4.90 Å². The van der Waals surface area contributed by atoms with Gasteiger partial charge in [0.05, 0.1) is 15.7 Å². The van der Waals surface area contributed by atoms with Crippen molar-refractivity contribution in [3.63, 3.8) is 0 Å². The molecule has 0 aliphatic carbocycles. The summed E-state index contributed by atoms with van der Waals surface area (Å²) in [6, 6.07) is 7.77. The second-order valence-electron chi connectivity index (χ2n) is 9.54. The van der Waals surface area contributed by atoms with Crippen LogP contribution in [0.4, 0.5) is 4.79 Å². The summed E-state index contributed by atoms with van der Waals surface area (Å²) in [5.41, 5.74) is 0.219. The third-order valence-electron chi connectivity index (χ3n) is 4.67. The number of amides is 1. The molecule has 7 heteroatoms. The molecule has 1 heterocycles. The van der Waals surface area contributed by atoms with Gasteiger partial charge in [0.25, 0.3) is 0 Å². The summed E-state index contributed by atoms with van der Waals surface area (Å²) in [5.74, 6) is 0. The van der Waals surface area contributed by atoms with E-state index in [4.69, 9.17) is 16.3 Å². The van der Waals surface area contributed by atoms with Crippen molar-refractivity contribution in [3.05, 3.63) is 34.9 Å². The molecule has 31 heavy (non-hydrogen) atoms. The molecule has 1 N–H and O–H groups in total. The maximum Gasteiger partial charge on any atom is 0.410 e. The maximum atomic E-state index is 12.9. The van der Waals surface area contributed by atoms with Crippen molar-refractivity contribution < 1.29 is 13.7 Å². The molecule has 1 amide bonds.